The number of nitrogens with zero attached hydrogens (tertiary/aromatic N) is 2. The van der Waals surface area contributed by atoms with Crippen LogP contribution in [0, 0.1) is 0 Å². The summed E-state index contributed by atoms with van der Waals surface area (Å²) in [4.78, 5) is 4.38. The molecule has 0 aliphatic rings. The molecule has 0 unspecified atom stereocenters. The summed E-state index contributed by atoms with van der Waals surface area (Å²) in [5, 5.41) is 17.2. The van der Waals surface area contributed by atoms with Crippen molar-refractivity contribution < 1.29 is 9.63 Å². The fourth-order valence-corrected chi connectivity index (χ4v) is 2.49. The molecule has 5 heteroatoms. The van der Waals surface area contributed by atoms with Crippen LogP contribution in [-0.2, 0) is 13.0 Å². The van der Waals surface area contributed by atoms with Crippen LogP contribution in [0.3, 0.4) is 0 Å². The van der Waals surface area contributed by atoms with Gasteiger partial charge in [0.25, 0.3) is 0 Å². The standard InChI is InChI=1S/C14H12N2O2S/c17-8-10-2-1-3-12(6-10)14-15-13(18-16-14)7-11-4-5-19-9-11/h1-6,9,17H,7-8H2. The third-order valence-electron chi connectivity index (χ3n) is 2.77. The highest BCUT2D eigenvalue weighted by Gasteiger charge is 2.09. The van der Waals surface area contributed by atoms with E-state index < -0.39 is 0 Å². The highest BCUT2D eigenvalue weighted by Crippen LogP contribution is 2.19. The lowest BCUT2D eigenvalue weighted by molar-refractivity contribution is 0.282. The average molecular weight is 272 g/mol. The van der Waals surface area contributed by atoms with Crippen LogP contribution in [0.1, 0.15) is 17.0 Å². The monoisotopic (exact) mass is 272 g/mol. The van der Waals surface area contributed by atoms with E-state index in [4.69, 9.17) is 9.63 Å². The van der Waals surface area contributed by atoms with E-state index in [0.717, 1.165) is 11.1 Å². The Morgan fingerprint density at radius 1 is 1.21 bits per heavy atom. The molecule has 0 spiro atoms. The molecule has 0 bridgehead atoms. The van der Waals surface area contributed by atoms with Crippen LogP contribution < -0.4 is 0 Å². The maximum Gasteiger partial charge on any atom is 0.231 e. The van der Waals surface area contributed by atoms with Crippen molar-refractivity contribution in [2.24, 2.45) is 0 Å². The molecular weight excluding hydrogens is 260 g/mol. The predicted octanol–water partition coefficient (Wildman–Crippen LogP) is 2.88. The lowest BCUT2D eigenvalue weighted by atomic mass is 10.1. The number of rotatable bonds is 4. The predicted molar refractivity (Wildman–Crippen MR) is 72.8 cm³/mol. The van der Waals surface area contributed by atoms with Crippen LogP contribution >= 0.6 is 11.3 Å². The Morgan fingerprint density at radius 2 is 2.16 bits per heavy atom. The summed E-state index contributed by atoms with van der Waals surface area (Å²) < 4.78 is 5.25. The Kier molecular flexibility index (Phi) is 3.39. The number of aromatic nitrogens is 2. The molecule has 0 saturated carbocycles. The van der Waals surface area contributed by atoms with Crippen LogP contribution in [0.5, 0.6) is 0 Å². The van der Waals surface area contributed by atoms with Crippen molar-refractivity contribution in [1.82, 2.24) is 10.1 Å². The topological polar surface area (TPSA) is 59.2 Å². The molecule has 0 radical (unpaired) electrons. The molecule has 0 saturated heterocycles. The second-order valence-electron chi connectivity index (χ2n) is 4.18. The number of thiophene rings is 1. The maximum absolute atomic E-state index is 9.12. The van der Waals surface area contributed by atoms with E-state index in [0.29, 0.717) is 18.1 Å². The van der Waals surface area contributed by atoms with E-state index in [1.54, 1.807) is 11.3 Å². The van der Waals surface area contributed by atoms with Gasteiger partial charge in [-0.3, -0.25) is 0 Å². The molecule has 0 aliphatic carbocycles. The first-order chi connectivity index (χ1) is 9.35. The first-order valence-electron chi connectivity index (χ1n) is 5.89. The Bertz CT molecular complexity index is 662. The molecule has 1 N–H and O–H groups in total. The Morgan fingerprint density at radius 3 is 2.95 bits per heavy atom. The number of hydrogen-bond donors (Lipinski definition) is 1. The van der Waals surface area contributed by atoms with Crippen LogP contribution in [-0.4, -0.2) is 15.2 Å². The van der Waals surface area contributed by atoms with E-state index in [2.05, 4.69) is 15.5 Å². The average Bonchev–Trinajstić information content (AvgIpc) is 3.11. The van der Waals surface area contributed by atoms with Gasteiger partial charge in [-0.1, -0.05) is 23.4 Å². The minimum absolute atomic E-state index is 0.00739. The fourth-order valence-electron chi connectivity index (χ4n) is 1.82. The van der Waals surface area contributed by atoms with Crippen molar-refractivity contribution in [2.45, 2.75) is 13.0 Å². The highest BCUT2D eigenvalue weighted by molar-refractivity contribution is 7.07. The summed E-state index contributed by atoms with van der Waals surface area (Å²) in [6.07, 6.45) is 0.649. The van der Waals surface area contributed by atoms with Gasteiger partial charge in [0.2, 0.25) is 11.7 Å². The van der Waals surface area contributed by atoms with E-state index in [1.807, 2.05) is 35.7 Å². The Labute approximate surface area is 114 Å². The van der Waals surface area contributed by atoms with Crippen molar-refractivity contribution >= 4 is 11.3 Å². The Balaban J connectivity index is 1.84. The van der Waals surface area contributed by atoms with Gasteiger partial charge in [0, 0.05) is 5.56 Å². The summed E-state index contributed by atoms with van der Waals surface area (Å²) >= 11 is 1.65. The van der Waals surface area contributed by atoms with E-state index in [9.17, 15) is 0 Å². The van der Waals surface area contributed by atoms with Gasteiger partial charge < -0.3 is 9.63 Å². The molecule has 2 aromatic heterocycles. The molecule has 0 atom stereocenters. The zero-order chi connectivity index (χ0) is 13.1. The summed E-state index contributed by atoms with van der Waals surface area (Å²) in [7, 11) is 0. The van der Waals surface area contributed by atoms with Crippen LogP contribution in [0.15, 0.2) is 45.6 Å². The largest absolute Gasteiger partial charge is 0.392 e. The molecule has 0 fully saturated rings. The van der Waals surface area contributed by atoms with Gasteiger partial charge in [0.15, 0.2) is 0 Å². The second-order valence-corrected chi connectivity index (χ2v) is 4.96. The molecule has 4 nitrogen and oxygen atoms in total. The second kappa shape index (κ2) is 5.34. The maximum atomic E-state index is 9.12. The Hall–Kier alpha value is -1.98. The SMILES string of the molecule is OCc1cccc(-c2noc(Cc3ccsc3)n2)c1. The molecule has 19 heavy (non-hydrogen) atoms. The summed E-state index contributed by atoms with van der Waals surface area (Å²) in [5.41, 5.74) is 2.86. The van der Waals surface area contributed by atoms with Gasteiger partial charge in [-0.15, -0.1) is 0 Å². The van der Waals surface area contributed by atoms with Crippen molar-refractivity contribution in [1.29, 1.82) is 0 Å². The lowest BCUT2D eigenvalue weighted by Crippen LogP contribution is -1.88. The summed E-state index contributed by atoms with van der Waals surface area (Å²) in [6, 6.07) is 9.53. The van der Waals surface area contributed by atoms with Crippen LogP contribution in [0.4, 0.5) is 0 Å². The number of aliphatic hydroxyl groups excluding tert-OH is 1. The summed E-state index contributed by atoms with van der Waals surface area (Å²) in [5.74, 6) is 1.16. The molecule has 96 valence electrons. The molecule has 2 heterocycles. The third-order valence-corrected chi connectivity index (χ3v) is 3.50. The van der Waals surface area contributed by atoms with Crippen molar-refractivity contribution in [3.8, 4) is 11.4 Å². The smallest absolute Gasteiger partial charge is 0.231 e. The van der Waals surface area contributed by atoms with Crippen molar-refractivity contribution in [2.75, 3.05) is 0 Å². The zero-order valence-electron chi connectivity index (χ0n) is 10.1. The van der Waals surface area contributed by atoms with E-state index in [-0.39, 0.29) is 6.61 Å². The lowest BCUT2D eigenvalue weighted by Gasteiger charge is -1.97. The first kappa shape index (κ1) is 12.1. The van der Waals surface area contributed by atoms with Crippen molar-refractivity contribution in [3.63, 3.8) is 0 Å². The zero-order valence-corrected chi connectivity index (χ0v) is 10.9. The van der Waals surface area contributed by atoms with Gasteiger partial charge in [0.1, 0.15) is 0 Å². The van der Waals surface area contributed by atoms with Crippen molar-refractivity contribution in [3.05, 3.63) is 58.1 Å². The van der Waals surface area contributed by atoms with E-state index in [1.165, 1.54) is 5.56 Å². The number of hydrogen-bond acceptors (Lipinski definition) is 5. The normalized spacial score (nSPS) is 10.8. The summed E-state index contributed by atoms with van der Waals surface area (Å²) in [6.45, 7) is 0.00739. The molecule has 0 aliphatic heterocycles. The van der Waals surface area contributed by atoms with Crippen LogP contribution in [0.25, 0.3) is 11.4 Å². The minimum atomic E-state index is 0.00739. The van der Waals surface area contributed by atoms with Gasteiger partial charge in [-0.2, -0.15) is 16.3 Å². The van der Waals surface area contributed by atoms with Gasteiger partial charge in [0.05, 0.1) is 13.0 Å². The van der Waals surface area contributed by atoms with Crippen LogP contribution in [0.2, 0.25) is 0 Å². The third kappa shape index (κ3) is 2.72. The molecule has 3 rings (SSSR count). The van der Waals surface area contributed by atoms with Gasteiger partial charge in [-0.05, 0) is 34.0 Å². The molecule has 1 aromatic carbocycles. The number of aliphatic hydroxyl groups is 1. The minimum Gasteiger partial charge on any atom is -0.392 e. The fraction of sp³-hybridized carbons (Fsp3) is 0.143. The van der Waals surface area contributed by atoms with Gasteiger partial charge >= 0.3 is 0 Å². The molecule has 0 amide bonds. The first-order valence-corrected chi connectivity index (χ1v) is 6.83. The number of benzene rings is 1. The molecule has 3 aromatic rings. The quantitative estimate of drug-likeness (QED) is 0.793. The van der Waals surface area contributed by atoms with E-state index >= 15 is 0 Å². The highest BCUT2D eigenvalue weighted by atomic mass is 32.1. The van der Waals surface area contributed by atoms with Gasteiger partial charge in [-0.25, -0.2) is 0 Å². The molecular formula is C14H12N2O2S.